The third-order valence-electron chi connectivity index (χ3n) is 5.91. The van der Waals surface area contributed by atoms with Gasteiger partial charge in [0.1, 0.15) is 23.7 Å². The van der Waals surface area contributed by atoms with E-state index in [2.05, 4.69) is 37.9 Å². The van der Waals surface area contributed by atoms with Crippen molar-refractivity contribution in [3.05, 3.63) is 72.4 Å². The highest BCUT2D eigenvalue weighted by Gasteiger charge is 2.23. The third-order valence-corrected chi connectivity index (χ3v) is 5.91. The van der Waals surface area contributed by atoms with Gasteiger partial charge in [-0.05, 0) is 42.7 Å². The van der Waals surface area contributed by atoms with Gasteiger partial charge in [0, 0.05) is 31.7 Å². The minimum Gasteiger partial charge on any atom is -0.489 e. The standard InChI is InChI=1S/C24H26BN5O2/c1-25(31)30-13-11-29(12-14-30)20-15-22-24(26-16-20)28-23(27-22)19-7-9-21(10-8-19)32-17-18-5-3-2-4-6-18/h2-10,15-16,31H,11-14,17H2,1H3,(H,26,27,28). The summed E-state index contributed by atoms with van der Waals surface area (Å²) in [4.78, 5) is 17.0. The molecule has 2 N–H and O–H groups in total. The molecular weight excluding hydrogens is 401 g/mol. The first-order valence-corrected chi connectivity index (χ1v) is 11.0. The second-order valence-corrected chi connectivity index (χ2v) is 8.10. The lowest BCUT2D eigenvalue weighted by atomic mass is 9.84. The van der Waals surface area contributed by atoms with E-state index in [1.807, 2.05) is 55.5 Å². The second kappa shape index (κ2) is 9.02. The van der Waals surface area contributed by atoms with Gasteiger partial charge in [0.25, 0.3) is 0 Å². The largest absolute Gasteiger partial charge is 0.489 e. The molecule has 0 saturated carbocycles. The van der Waals surface area contributed by atoms with Crippen molar-refractivity contribution in [3.8, 4) is 17.1 Å². The fraction of sp³-hybridized carbons (Fsp3) is 0.250. The average Bonchev–Trinajstić information content (AvgIpc) is 3.27. The Balaban J connectivity index is 1.27. The minimum atomic E-state index is -0.401. The van der Waals surface area contributed by atoms with Crippen LogP contribution in [0.3, 0.4) is 0 Å². The van der Waals surface area contributed by atoms with E-state index < -0.39 is 7.05 Å². The molecule has 0 atom stereocenters. The highest BCUT2D eigenvalue weighted by Crippen LogP contribution is 2.25. The number of pyridine rings is 1. The molecule has 32 heavy (non-hydrogen) atoms. The molecule has 1 aliphatic heterocycles. The summed E-state index contributed by atoms with van der Waals surface area (Å²) in [5.41, 5.74) is 4.81. The van der Waals surface area contributed by atoms with Crippen LogP contribution in [0.2, 0.25) is 6.82 Å². The summed E-state index contributed by atoms with van der Waals surface area (Å²) in [7, 11) is -0.401. The molecule has 0 aliphatic carbocycles. The van der Waals surface area contributed by atoms with Gasteiger partial charge in [0.05, 0.1) is 11.9 Å². The van der Waals surface area contributed by atoms with Crippen molar-refractivity contribution in [1.82, 2.24) is 19.8 Å². The Bertz CT molecular complexity index is 1170. The molecule has 0 bridgehead atoms. The van der Waals surface area contributed by atoms with Crippen LogP contribution in [-0.2, 0) is 6.61 Å². The normalized spacial score (nSPS) is 14.6. The summed E-state index contributed by atoms with van der Waals surface area (Å²) < 4.78 is 5.88. The number of hydrogen-bond acceptors (Lipinski definition) is 6. The maximum Gasteiger partial charge on any atom is 0.376 e. The van der Waals surface area contributed by atoms with Gasteiger partial charge >= 0.3 is 7.05 Å². The smallest absolute Gasteiger partial charge is 0.376 e. The SMILES string of the molecule is CB(O)N1CCN(c2cnc3[nH]c(-c4ccc(OCc5ccccc5)cc4)nc3c2)CC1. The molecule has 3 heterocycles. The van der Waals surface area contributed by atoms with Gasteiger partial charge in [-0.1, -0.05) is 30.3 Å². The van der Waals surface area contributed by atoms with Crippen LogP contribution in [-0.4, -0.2) is 58.0 Å². The van der Waals surface area contributed by atoms with E-state index in [-0.39, 0.29) is 0 Å². The third kappa shape index (κ3) is 4.47. The average molecular weight is 427 g/mol. The molecule has 1 aliphatic rings. The van der Waals surface area contributed by atoms with Crippen molar-refractivity contribution in [2.24, 2.45) is 0 Å². The molecule has 162 valence electrons. The number of ether oxygens (including phenoxy) is 1. The Hall–Kier alpha value is -3.36. The quantitative estimate of drug-likeness (QED) is 0.459. The van der Waals surface area contributed by atoms with Crippen LogP contribution < -0.4 is 9.64 Å². The van der Waals surface area contributed by atoms with E-state index in [4.69, 9.17) is 9.72 Å². The minimum absolute atomic E-state index is 0.401. The van der Waals surface area contributed by atoms with Gasteiger partial charge in [0.15, 0.2) is 5.65 Å². The molecule has 0 spiro atoms. The number of hydrogen-bond donors (Lipinski definition) is 2. The number of aromatic amines is 1. The second-order valence-electron chi connectivity index (χ2n) is 8.10. The van der Waals surface area contributed by atoms with Crippen LogP contribution in [0.25, 0.3) is 22.6 Å². The van der Waals surface area contributed by atoms with Crippen molar-refractivity contribution < 1.29 is 9.76 Å². The van der Waals surface area contributed by atoms with Gasteiger partial charge < -0.3 is 24.5 Å². The van der Waals surface area contributed by atoms with E-state index >= 15 is 0 Å². The summed E-state index contributed by atoms with van der Waals surface area (Å²) in [6.45, 7) is 5.75. The first kappa shape index (κ1) is 20.5. The molecule has 2 aromatic heterocycles. The van der Waals surface area contributed by atoms with Gasteiger partial charge in [-0.25, -0.2) is 9.97 Å². The van der Waals surface area contributed by atoms with E-state index in [1.54, 1.807) is 0 Å². The maximum atomic E-state index is 9.76. The van der Waals surface area contributed by atoms with E-state index in [0.29, 0.717) is 6.61 Å². The predicted octanol–water partition coefficient (Wildman–Crippen LogP) is 3.44. The number of anilines is 1. The first-order valence-electron chi connectivity index (χ1n) is 11.0. The van der Waals surface area contributed by atoms with E-state index in [0.717, 1.165) is 65.7 Å². The Morgan fingerprint density at radius 1 is 1.03 bits per heavy atom. The molecule has 5 rings (SSSR count). The summed E-state index contributed by atoms with van der Waals surface area (Å²) in [6, 6.07) is 20.2. The number of nitrogens with zero attached hydrogens (tertiary/aromatic N) is 4. The van der Waals surface area contributed by atoms with E-state index in [9.17, 15) is 5.02 Å². The number of fused-ring (bicyclic) bond motifs is 1. The van der Waals surface area contributed by atoms with Crippen molar-refractivity contribution in [1.29, 1.82) is 0 Å². The number of benzene rings is 2. The number of imidazole rings is 1. The first-order chi connectivity index (χ1) is 15.7. The van der Waals surface area contributed by atoms with Crippen molar-refractivity contribution in [2.45, 2.75) is 13.4 Å². The topological polar surface area (TPSA) is 77.5 Å². The highest BCUT2D eigenvalue weighted by atomic mass is 16.5. The zero-order chi connectivity index (χ0) is 21.9. The molecule has 1 fully saturated rings. The fourth-order valence-corrected chi connectivity index (χ4v) is 4.00. The number of H-pyrrole nitrogens is 1. The van der Waals surface area contributed by atoms with Gasteiger partial charge in [-0.2, -0.15) is 0 Å². The Kier molecular flexibility index (Phi) is 5.79. The summed E-state index contributed by atoms with van der Waals surface area (Å²) >= 11 is 0. The van der Waals surface area contributed by atoms with Crippen LogP contribution in [0.5, 0.6) is 5.75 Å². The highest BCUT2D eigenvalue weighted by molar-refractivity contribution is 6.45. The van der Waals surface area contributed by atoms with E-state index in [1.165, 1.54) is 0 Å². The van der Waals surface area contributed by atoms with Crippen LogP contribution in [0.1, 0.15) is 5.56 Å². The molecule has 0 amide bonds. The van der Waals surface area contributed by atoms with Crippen molar-refractivity contribution >= 4 is 23.9 Å². The lowest BCUT2D eigenvalue weighted by molar-refractivity contribution is 0.306. The Morgan fingerprint density at radius 2 is 1.78 bits per heavy atom. The number of piperazine rings is 1. The van der Waals surface area contributed by atoms with Gasteiger partial charge in [0.2, 0.25) is 0 Å². The van der Waals surface area contributed by atoms with Gasteiger partial charge in [-0.3, -0.25) is 0 Å². The monoisotopic (exact) mass is 427 g/mol. The van der Waals surface area contributed by atoms with Crippen LogP contribution in [0, 0.1) is 0 Å². The summed E-state index contributed by atoms with van der Waals surface area (Å²) in [6.07, 6.45) is 1.89. The molecule has 2 aromatic carbocycles. The molecule has 4 aromatic rings. The zero-order valence-electron chi connectivity index (χ0n) is 18.1. The molecule has 1 saturated heterocycles. The Morgan fingerprint density at radius 3 is 2.50 bits per heavy atom. The Labute approximate surface area is 187 Å². The predicted molar refractivity (Wildman–Crippen MR) is 128 cm³/mol. The van der Waals surface area contributed by atoms with Gasteiger partial charge in [-0.15, -0.1) is 0 Å². The number of aromatic nitrogens is 3. The molecule has 8 heteroatoms. The zero-order valence-corrected chi connectivity index (χ0v) is 18.1. The molecular formula is C24H26BN5O2. The number of nitrogens with one attached hydrogen (secondary N) is 1. The maximum absolute atomic E-state index is 9.76. The van der Waals surface area contributed by atoms with Crippen LogP contribution >= 0.6 is 0 Å². The fourth-order valence-electron chi connectivity index (χ4n) is 4.00. The lowest BCUT2D eigenvalue weighted by Gasteiger charge is -2.36. The summed E-state index contributed by atoms with van der Waals surface area (Å²) in [5, 5.41) is 9.76. The summed E-state index contributed by atoms with van der Waals surface area (Å²) in [5.74, 6) is 1.61. The van der Waals surface area contributed by atoms with Crippen molar-refractivity contribution in [2.75, 3.05) is 31.1 Å². The molecule has 0 radical (unpaired) electrons. The van der Waals surface area contributed by atoms with Crippen LogP contribution in [0.15, 0.2) is 66.9 Å². The number of rotatable bonds is 6. The van der Waals surface area contributed by atoms with Crippen LogP contribution in [0.4, 0.5) is 5.69 Å². The lowest BCUT2D eigenvalue weighted by Crippen LogP contribution is -2.51. The molecule has 0 unspecified atom stereocenters. The molecule has 7 nitrogen and oxygen atoms in total. The van der Waals surface area contributed by atoms with Crippen molar-refractivity contribution in [3.63, 3.8) is 0 Å².